The maximum absolute atomic E-state index is 10.2. The van der Waals surface area contributed by atoms with Crippen LogP contribution in [0.3, 0.4) is 0 Å². The Morgan fingerprint density at radius 3 is 2.55 bits per heavy atom. The van der Waals surface area contributed by atoms with E-state index in [0.717, 1.165) is 24.4 Å². The number of para-hydroxylation sites is 1. The highest BCUT2D eigenvalue weighted by atomic mass is 16.3. The lowest BCUT2D eigenvalue weighted by atomic mass is 9.98. The smallest absolute Gasteiger partial charge is 0.170 e. The van der Waals surface area contributed by atoms with Crippen molar-refractivity contribution in [3.63, 3.8) is 0 Å². The molecule has 20 heavy (non-hydrogen) atoms. The van der Waals surface area contributed by atoms with E-state index in [2.05, 4.69) is 20.8 Å². The van der Waals surface area contributed by atoms with Crippen LogP contribution >= 0.6 is 0 Å². The van der Waals surface area contributed by atoms with Crippen LogP contribution in [0.25, 0.3) is 5.69 Å². The summed E-state index contributed by atoms with van der Waals surface area (Å²) in [6.07, 6.45) is 1.44. The summed E-state index contributed by atoms with van der Waals surface area (Å²) in [4.78, 5) is 0. The molecule has 0 saturated heterocycles. The second-order valence-corrected chi connectivity index (χ2v) is 4.88. The van der Waals surface area contributed by atoms with Crippen LogP contribution in [0.2, 0.25) is 0 Å². The van der Waals surface area contributed by atoms with E-state index in [1.165, 1.54) is 0 Å². The van der Waals surface area contributed by atoms with Gasteiger partial charge in [0.25, 0.3) is 0 Å². The van der Waals surface area contributed by atoms with Crippen LogP contribution in [0.1, 0.15) is 32.5 Å². The SMILES string of the molecule is CCC(O)(CC)CNCc1nnnn1-c1ccccc1. The molecule has 0 bridgehead atoms. The van der Waals surface area contributed by atoms with E-state index < -0.39 is 5.60 Å². The summed E-state index contributed by atoms with van der Waals surface area (Å²) in [5, 5.41) is 25.2. The molecular formula is C14H21N5O. The molecule has 0 atom stereocenters. The predicted octanol–water partition coefficient (Wildman–Crippen LogP) is 1.30. The van der Waals surface area contributed by atoms with Crippen molar-refractivity contribution in [3.05, 3.63) is 36.2 Å². The Kier molecular flexibility index (Phi) is 4.81. The van der Waals surface area contributed by atoms with E-state index in [0.29, 0.717) is 13.1 Å². The Balaban J connectivity index is 2.00. The van der Waals surface area contributed by atoms with E-state index in [9.17, 15) is 5.11 Å². The molecular weight excluding hydrogens is 254 g/mol. The number of aliphatic hydroxyl groups is 1. The summed E-state index contributed by atoms with van der Waals surface area (Å²) in [5.41, 5.74) is 0.265. The normalized spacial score (nSPS) is 11.8. The standard InChI is InChI=1S/C14H21N5O/c1-3-14(20,4-2)11-15-10-13-16-17-18-19(13)12-8-6-5-7-9-12/h5-9,15,20H,3-4,10-11H2,1-2H3. The third-order valence-corrected chi connectivity index (χ3v) is 3.59. The van der Waals surface area contributed by atoms with Crippen molar-refractivity contribution in [3.8, 4) is 5.69 Å². The number of hydrogen-bond acceptors (Lipinski definition) is 5. The van der Waals surface area contributed by atoms with Crippen LogP contribution in [-0.2, 0) is 6.54 Å². The molecule has 6 heteroatoms. The van der Waals surface area contributed by atoms with Crippen LogP contribution in [0, 0.1) is 0 Å². The second-order valence-electron chi connectivity index (χ2n) is 4.88. The van der Waals surface area contributed by atoms with Gasteiger partial charge in [-0.2, -0.15) is 4.68 Å². The molecule has 1 aromatic heterocycles. The summed E-state index contributed by atoms with van der Waals surface area (Å²) in [6.45, 7) is 5.02. The number of aromatic nitrogens is 4. The predicted molar refractivity (Wildman–Crippen MR) is 76.4 cm³/mol. The summed E-state index contributed by atoms with van der Waals surface area (Å²) in [5.74, 6) is 0.728. The van der Waals surface area contributed by atoms with Crippen molar-refractivity contribution >= 4 is 0 Å². The molecule has 0 fully saturated rings. The van der Waals surface area contributed by atoms with Gasteiger partial charge in [0.2, 0.25) is 0 Å². The molecule has 0 aliphatic carbocycles. The van der Waals surface area contributed by atoms with Crippen molar-refractivity contribution < 1.29 is 5.11 Å². The highest BCUT2D eigenvalue weighted by Crippen LogP contribution is 2.13. The number of hydrogen-bond donors (Lipinski definition) is 2. The molecule has 0 unspecified atom stereocenters. The zero-order valence-corrected chi connectivity index (χ0v) is 12.0. The Morgan fingerprint density at radius 2 is 1.90 bits per heavy atom. The maximum atomic E-state index is 10.2. The molecule has 1 heterocycles. The Morgan fingerprint density at radius 1 is 1.20 bits per heavy atom. The van der Waals surface area contributed by atoms with Crippen LogP contribution in [-0.4, -0.2) is 37.5 Å². The molecule has 0 saturated carbocycles. The highest BCUT2D eigenvalue weighted by Gasteiger charge is 2.21. The van der Waals surface area contributed by atoms with E-state index in [4.69, 9.17) is 0 Å². The molecule has 0 radical (unpaired) electrons. The monoisotopic (exact) mass is 275 g/mol. The Hall–Kier alpha value is -1.79. The molecule has 108 valence electrons. The topological polar surface area (TPSA) is 75.9 Å². The van der Waals surface area contributed by atoms with Gasteiger partial charge in [0.15, 0.2) is 5.82 Å². The molecule has 2 aromatic rings. The first kappa shape index (κ1) is 14.6. The van der Waals surface area contributed by atoms with Gasteiger partial charge in [-0.05, 0) is 35.4 Å². The van der Waals surface area contributed by atoms with E-state index in [1.54, 1.807) is 4.68 Å². The van der Waals surface area contributed by atoms with Gasteiger partial charge in [0.05, 0.1) is 17.8 Å². The third-order valence-electron chi connectivity index (χ3n) is 3.59. The van der Waals surface area contributed by atoms with Gasteiger partial charge in [-0.3, -0.25) is 0 Å². The van der Waals surface area contributed by atoms with Gasteiger partial charge < -0.3 is 10.4 Å². The van der Waals surface area contributed by atoms with Gasteiger partial charge >= 0.3 is 0 Å². The molecule has 2 rings (SSSR count). The van der Waals surface area contributed by atoms with Crippen molar-refractivity contribution in [2.75, 3.05) is 6.54 Å². The number of benzene rings is 1. The lowest BCUT2D eigenvalue weighted by Crippen LogP contribution is -2.39. The highest BCUT2D eigenvalue weighted by molar-refractivity contribution is 5.30. The van der Waals surface area contributed by atoms with E-state index in [1.807, 2.05) is 44.2 Å². The number of rotatable bonds is 7. The minimum Gasteiger partial charge on any atom is -0.389 e. The van der Waals surface area contributed by atoms with E-state index >= 15 is 0 Å². The maximum Gasteiger partial charge on any atom is 0.170 e. The zero-order valence-electron chi connectivity index (χ0n) is 12.0. The zero-order chi connectivity index (χ0) is 14.4. The average Bonchev–Trinajstić information content (AvgIpc) is 2.96. The summed E-state index contributed by atoms with van der Waals surface area (Å²) >= 11 is 0. The average molecular weight is 275 g/mol. The first-order valence-electron chi connectivity index (χ1n) is 6.94. The molecule has 0 amide bonds. The van der Waals surface area contributed by atoms with Crippen molar-refractivity contribution in [2.45, 2.75) is 38.8 Å². The molecule has 1 aromatic carbocycles. The van der Waals surface area contributed by atoms with Crippen molar-refractivity contribution in [1.82, 2.24) is 25.5 Å². The van der Waals surface area contributed by atoms with Crippen LogP contribution in [0.15, 0.2) is 30.3 Å². The summed E-state index contributed by atoms with van der Waals surface area (Å²) < 4.78 is 1.70. The third kappa shape index (κ3) is 3.40. The Labute approximate surface area is 118 Å². The largest absolute Gasteiger partial charge is 0.389 e. The fourth-order valence-corrected chi connectivity index (χ4v) is 1.99. The van der Waals surface area contributed by atoms with Gasteiger partial charge in [0.1, 0.15) is 0 Å². The first-order chi connectivity index (χ1) is 9.68. The van der Waals surface area contributed by atoms with Gasteiger partial charge in [-0.25, -0.2) is 0 Å². The number of tetrazole rings is 1. The quantitative estimate of drug-likeness (QED) is 0.796. The lowest BCUT2D eigenvalue weighted by molar-refractivity contribution is 0.0321. The van der Waals surface area contributed by atoms with Crippen molar-refractivity contribution in [1.29, 1.82) is 0 Å². The molecule has 0 spiro atoms. The number of nitrogens with zero attached hydrogens (tertiary/aromatic N) is 4. The van der Waals surface area contributed by atoms with Crippen molar-refractivity contribution in [2.24, 2.45) is 0 Å². The first-order valence-corrected chi connectivity index (χ1v) is 6.94. The molecule has 0 aliphatic rings. The minimum atomic E-state index is -0.662. The molecule has 6 nitrogen and oxygen atoms in total. The molecule has 0 aliphatic heterocycles. The molecule has 2 N–H and O–H groups in total. The minimum absolute atomic E-state index is 0.518. The number of nitrogens with one attached hydrogen (secondary N) is 1. The van der Waals surface area contributed by atoms with Gasteiger partial charge in [0, 0.05) is 6.54 Å². The van der Waals surface area contributed by atoms with Crippen LogP contribution < -0.4 is 5.32 Å². The van der Waals surface area contributed by atoms with E-state index in [-0.39, 0.29) is 0 Å². The van der Waals surface area contributed by atoms with Crippen LogP contribution in [0.5, 0.6) is 0 Å². The lowest BCUT2D eigenvalue weighted by Gasteiger charge is -2.25. The van der Waals surface area contributed by atoms with Gasteiger partial charge in [-0.1, -0.05) is 32.0 Å². The summed E-state index contributed by atoms with van der Waals surface area (Å²) in [7, 11) is 0. The fraction of sp³-hybridized carbons (Fsp3) is 0.500. The summed E-state index contributed by atoms with van der Waals surface area (Å²) in [6, 6.07) is 9.75. The fourth-order valence-electron chi connectivity index (χ4n) is 1.99. The Bertz CT molecular complexity index is 521. The van der Waals surface area contributed by atoms with Crippen LogP contribution in [0.4, 0.5) is 0 Å². The second kappa shape index (κ2) is 6.58. The van der Waals surface area contributed by atoms with Gasteiger partial charge in [-0.15, -0.1) is 5.10 Å².